The Morgan fingerprint density at radius 3 is 2.36 bits per heavy atom. The van der Waals surface area contributed by atoms with Crippen molar-refractivity contribution < 1.29 is 13.2 Å². The maximum Gasteiger partial charge on any atom is 0.334 e. The molecule has 0 aromatic heterocycles. The molecule has 1 aliphatic rings. The summed E-state index contributed by atoms with van der Waals surface area (Å²) in [6, 6.07) is 8.69. The van der Waals surface area contributed by atoms with E-state index in [4.69, 9.17) is 0 Å². The third kappa shape index (κ3) is 4.62. The summed E-state index contributed by atoms with van der Waals surface area (Å²) < 4.78 is 23.5. The molecule has 1 atom stereocenters. The lowest BCUT2D eigenvalue weighted by atomic mass is 10.1. The van der Waals surface area contributed by atoms with Gasteiger partial charge in [-0.1, -0.05) is 18.2 Å². The Morgan fingerprint density at radius 2 is 1.86 bits per heavy atom. The van der Waals surface area contributed by atoms with E-state index < -0.39 is 9.84 Å². The van der Waals surface area contributed by atoms with Gasteiger partial charge in [0, 0.05) is 5.54 Å². The van der Waals surface area contributed by atoms with Crippen molar-refractivity contribution >= 4 is 21.6 Å². The number of carbonyl (C=O) groups excluding carboxylic acids is 1. The number of sulfone groups is 1. The van der Waals surface area contributed by atoms with Gasteiger partial charge in [0.15, 0.2) is 9.84 Å². The molecule has 1 fully saturated rings. The van der Waals surface area contributed by atoms with Crippen molar-refractivity contribution in [2.45, 2.75) is 38.8 Å². The summed E-state index contributed by atoms with van der Waals surface area (Å²) in [4.78, 5) is 12.1. The predicted octanol–water partition coefficient (Wildman–Crippen LogP) is 1.69. The quantitative estimate of drug-likeness (QED) is 0.829. The molecule has 0 saturated carbocycles. The van der Waals surface area contributed by atoms with E-state index in [9.17, 15) is 13.2 Å². The summed E-state index contributed by atoms with van der Waals surface area (Å²) in [6.07, 6.45) is 0.507. The number of amides is 2. The summed E-state index contributed by atoms with van der Waals surface area (Å²) in [7, 11) is -3.03. The van der Waals surface area contributed by atoms with Crippen molar-refractivity contribution in [2.24, 2.45) is 0 Å². The van der Waals surface area contributed by atoms with Gasteiger partial charge in [-0.3, -0.25) is 5.01 Å². The Hall–Kier alpha value is -1.76. The van der Waals surface area contributed by atoms with Crippen LogP contribution in [0.2, 0.25) is 0 Å². The second-order valence-corrected chi connectivity index (χ2v) is 8.81. The molecule has 0 spiro atoms. The molecule has 1 aliphatic heterocycles. The standard InChI is InChI=1S/C15H23N3O3S/c1-15(2,3)16-14(19)17-18(12-7-5-4-6-8-12)13-9-10-22(20,21)11-13/h4-8,13H,9-11H2,1-3H3,(H2,16,17,19). The normalized spacial score (nSPS) is 20.4. The minimum atomic E-state index is -3.03. The lowest BCUT2D eigenvalue weighted by Crippen LogP contribution is -2.56. The molecular formula is C15H23N3O3S. The van der Waals surface area contributed by atoms with E-state index >= 15 is 0 Å². The van der Waals surface area contributed by atoms with Crippen molar-refractivity contribution in [3.63, 3.8) is 0 Å². The first kappa shape index (κ1) is 16.6. The maximum atomic E-state index is 12.1. The van der Waals surface area contributed by atoms with Crippen LogP contribution in [0, 0.1) is 0 Å². The van der Waals surface area contributed by atoms with Crippen LogP contribution >= 0.6 is 0 Å². The van der Waals surface area contributed by atoms with E-state index in [0.717, 1.165) is 5.69 Å². The highest BCUT2D eigenvalue weighted by Crippen LogP contribution is 2.22. The molecule has 1 heterocycles. The average molecular weight is 325 g/mol. The fourth-order valence-corrected chi connectivity index (χ4v) is 4.11. The van der Waals surface area contributed by atoms with Crippen molar-refractivity contribution in [3.8, 4) is 0 Å². The highest BCUT2D eigenvalue weighted by atomic mass is 32.2. The predicted molar refractivity (Wildman–Crippen MR) is 87.4 cm³/mol. The van der Waals surface area contributed by atoms with Gasteiger partial charge in [-0.15, -0.1) is 0 Å². The van der Waals surface area contributed by atoms with E-state index in [1.165, 1.54) is 0 Å². The molecule has 1 aromatic rings. The summed E-state index contributed by atoms with van der Waals surface area (Å²) in [6.45, 7) is 5.67. The molecule has 122 valence electrons. The zero-order chi connectivity index (χ0) is 16.4. The van der Waals surface area contributed by atoms with Gasteiger partial charge in [0.2, 0.25) is 0 Å². The Labute approximate surface area is 131 Å². The average Bonchev–Trinajstić information content (AvgIpc) is 2.75. The first-order valence-corrected chi connectivity index (χ1v) is 9.12. The molecule has 2 amide bonds. The third-order valence-corrected chi connectivity index (χ3v) is 5.07. The SMILES string of the molecule is CC(C)(C)NC(=O)NN(c1ccccc1)C1CCS(=O)(=O)C1. The summed E-state index contributed by atoms with van der Waals surface area (Å²) >= 11 is 0. The number of para-hydroxylation sites is 1. The Bertz CT molecular complexity index is 623. The van der Waals surface area contributed by atoms with E-state index in [2.05, 4.69) is 10.7 Å². The fourth-order valence-electron chi connectivity index (χ4n) is 2.41. The largest absolute Gasteiger partial charge is 0.334 e. The maximum absolute atomic E-state index is 12.1. The lowest BCUT2D eigenvalue weighted by molar-refractivity contribution is 0.230. The van der Waals surface area contributed by atoms with Gasteiger partial charge < -0.3 is 5.32 Å². The van der Waals surface area contributed by atoms with Gasteiger partial charge in [0.25, 0.3) is 0 Å². The Balaban J connectivity index is 2.18. The van der Waals surface area contributed by atoms with Gasteiger partial charge in [-0.25, -0.2) is 18.6 Å². The van der Waals surface area contributed by atoms with Gasteiger partial charge >= 0.3 is 6.03 Å². The van der Waals surface area contributed by atoms with Crippen LogP contribution in [0.15, 0.2) is 30.3 Å². The van der Waals surface area contributed by atoms with Crippen LogP contribution in [0.4, 0.5) is 10.5 Å². The molecule has 22 heavy (non-hydrogen) atoms. The van der Waals surface area contributed by atoms with Crippen LogP contribution in [0.3, 0.4) is 0 Å². The summed E-state index contributed by atoms with van der Waals surface area (Å²) in [5, 5.41) is 4.48. The minimum Gasteiger partial charge on any atom is -0.332 e. The molecule has 1 unspecified atom stereocenters. The van der Waals surface area contributed by atoms with Crippen molar-refractivity contribution in [3.05, 3.63) is 30.3 Å². The number of hydrogen-bond acceptors (Lipinski definition) is 4. The molecule has 1 saturated heterocycles. The highest BCUT2D eigenvalue weighted by Gasteiger charge is 2.33. The molecule has 1 aromatic carbocycles. The van der Waals surface area contributed by atoms with Crippen LogP contribution < -0.4 is 15.8 Å². The number of carbonyl (C=O) groups is 1. The van der Waals surface area contributed by atoms with E-state index in [0.29, 0.717) is 6.42 Å². The number of anilines is 1. The van der Waals surface area contributed by atoms with Gasteiger partial charge in [-0.2, -0.15) is 0 Å². The molecule has 2 N–H and O–H groups in total. The molecule has 0 bridgehead atoms. The van der Waals surface area contributed by atoms with Gasteiger partial charge in [0.05, 0.1) is 23.2 Å². The van der Waals surface area contributed by atoms with Crippen LogP contribution in [0.25, 0.3) is 0 Å². The second kappa shape index (κ2) is 6.16. The number of benzene rings is 1. The van der Waals surface area contributed by atoms with Crippen LogP contribution in [0.5, 0.6) is 0 Å². The monoisotopic (exact) mass is 325 g/mol. The van der Waals surface area contributed by atoms with E-state index in [1.807, 2.05) is 51.1 Å². The second-order valence-electron chi connectivity index (χ2n) is 6.58. The van der Waals surface area contributed by atoms with Crippen molar-refractivity contribution in [2.75, 3.05) is 16.5 Å². The number of hydrogen-bond donors (Lipinski definition) is 2. The van der Waals surface area contributed by atoms with E-state index in [1.54, 1.807) is 5.01 Å². The number of urea groups is 1. The zero-order valence-corrected chi connectivity index (χ0v) is 14.0. The number of nitrogens with zero attached hydrogens (tertiary/aromatic N) is 1. The fraction of sp³-hybridized carbons (Fsp3) is 0.533. The minimum absolute atomic E-state index is 0.0533. The van der Waals surface area contributed by atoms with Gasteiger partial charge in [-0.05, 0) is 39.3 Å². The molecule has 0 radical (unpaired) electrons. The van der Waals surface area contributed by atoms with Gasteiger partial charge in [0.1, 0.15) is 0 Å². The zero-order valence-electron chi connectivity index (χ0n) is 13.2. The molecular weight excluding hydrogens is 302 g/mol. The van der Waals surface area contributed by atoms with Crippen molar-refractivity contribution in [1.29, 1.82) is 0 Å². The number of rotatable bonds is 3. The van der Waals surface area contributed by atoms with Crippen LogP contribution in [-0.2, 0) is 9.84 Å². The lowest BCUT2D eigenvalue weighted by Gasteiger charge is -2.32. The summed E-state index contributed by atoms with van der Waals surface area (Å²) in [5.41, 5.74) is 3.19. The van der Waals surface area contributed by atoms with Crippen LogP contribution in [0.1, 0.15) is 27.2 Å². The van der Waals surface area contributed by atoms with Crippen LogP contribution in [-0.4, -0.2) is 37.5 Å². The topological polar surface area (TPSA) is 78.5 Å². The first-order chi connectivity index (χ1) is 10.2. The summed E-state index contributed by atoms with van der Waals surface area (Å²) in [5.74, 6) is 0.210. The number of hydrazine groups is 1. The Kier molecular flexibility index (Phi) is 4.65. The molecule has 2 rings (SSSR count). The molecule has 0 aliphatic carbocycles. The Morgan fingerprint density at radius 1 is 1.23 bits per heavy atom. The first-order valence-electron chi connectivity index (χ1n) is 7.30. The highest BCUT2D eigenvalue weighted by molar-refractivity contribution is 7.91. The molecule has 7 heteroatoms. The molecule has 6 nitrogen and oxygen atoms in total. The van der Waals surface area contributed by atoms with Crippen molar-refractivity contribution in [1.82, 2.24) is 10.7 Å². The third-order valence-electron chi connectivity index (χ3n) is 3.32. The smallest absolute Gasteiger partial charge is 0.332 e. The number of nitrogens with one attached hydrogen (secondary N) is 2. The van der Waals surface area contributed by atoms with E-state index in [-0.39, 0.29) is 29.1 Å².